The molecule has 1 atom stereocenters. The summed E-state index contributed by atoms with van der Waals surface area (Å²) < 4.78 is 2.05. The smallest absolute Gasteiger partial charge is 0.129 e. The fourth-order valence-electron chi connectivity index (χ4n) is 2.60. The van der Waals surface area contributed by atoms with Gasteiger partial charge in [-0.05, 0) is 42.3 Å². The summed E-state index contributed by atoms with van der Waals surface area (Å²) in [5, 5.41) is 10.1. The van der Waals surface area contributed by atoms with Crippen molar-refractivity contribution in [3.05, 3.63) is 64.4 Å². The number of fused-ring (bicyclic) bond motifs is 1. The lowest BCUT2D eigenvalue weighted by atomic mass is 10.2. The third-order valence-corrected chi connectivity index (χ3v) is 3.93. The van der Waals surface area contributed by atoms with Gasteiger partial charge in [-0.25, -0.2) is 4.98 Å². The van der Waals surface area contributed by atoms with Crippen molar-refractivity contribution in [1.82, 2.24) is 9.55 Å². The van der Waals surface area contributed by atoms with Gasteiger partial charge in [0.15, 0.2) is 0 Å². The molecular formula is C17H18ClN3O. The minimum Gasteiger partial charge on any atom is -0.394 e. The van der Waals surface area contributed by atoms with Gasteiger partial charge in [0.25, 0.3) is 0 Å². The Hall–Kier alpha value is -1.88. The number of imidazole rings is 1. The summed E-state index contributed by atoms with van der Waals surface area (Å²) in [4.78, 5) is 4.59. The molecule has 0 saturated carbocycles. The number of hydrogen-bond acceptors (Lipinski definition) is 3. The van der Waals surface area contributed by atoms with Crippen LogP contribution < -0.4 is 5.73 Å². The zero-order valence-electron chi connectivity index (χ0n) is 12.3. The Kier molecular flexibility index (Phi) is 4.16. The van der Waals surface area contributed by atoms with Crippen LogP contribution in [0.3, 0.4) is 0 Å². The van der Waals surface area contributed by atoms with Crippen LogP contribution in [-0.4, -0.2) is 21.3 Å². The van der Waals surface area contributed by atoms with Crippen LogP contribution in [0.15, 0.2) is 42.5 Å². The molecule has 0 radical (unpaired) electrons. The van der Waals surface area contributed by atoms with Crippen LogP contribution in [0.5, 0.6) is 0 Å². The van der Waals surface area contributed by atoms with E-state index >= 15 is 0 Å². The lowest BCUT2D eigenvalue weighted by Crippen LogP contribution is -2.20. The molecular weight excluding hydrogens is 298 g/mol. The fraction of sp³-hybridized carbons (Fsp3) is 0.235. The Balaban J connectivity index is 2.14. The number of aromatic nitrogens is 2. The van der Waals surface area contributed by atoms with Gasteiger partial charge < -0.3 is 15.4 Å². The van der Waals surface area contributed by atoms with Gasteiger partial charge in [0.05, 0.1) is 23.7 Å². The van der Waals surface area contributed by atoms with Crippen molar-refractivity contribution < 1.29 is 5.11 Å². The fourth-order valence-corrected chi connectivity index (χ4v) is 2.81. The Morgan fingerprint density at radius 1 is 1.27 bits per heavy atom. The summed E-state index contributed by atoms with van der Waals surface area (Å²) in [7, 11) is 0. The minimum atomic E-state index is -0.508. The number of nitrogens with zero attached hydrogens (tertiary/aromatic N) is 2. The highest BCUT2D eigenvalue weighted by molar-refractivity contribution is 6.30. The maximum Gasteiger partial charge on any atom is 0.129 e. The monoisotopic (exact) mass is 315 g/mol. The van der Waals surface area contributed by atoms with E-state index in [1.54, 1.807) is 0 Å². The van der Waals surface area contributed by atoms with Gasteiger partial charge >= 0.3 is 0 Å². The third-order valence-electron chi connectivity index (χ3n) is 3.69. The maximum atomic E-state index is 9.40. The largest absolute Gasteiger partial charge is 0.394 e. The lowest BCUT2D eigenvalue weighted by Gasteiger charge is -2.13. The molecule has 1 heterocycles. The summed E-state index contributed by atoms with van der Waals surface area (Å²) in [6.45, 7) is 2.52. The van der Waals surface area contributed by atoms with Crippen molar-refractivity contribution in [2.45, 2.75) is 19.5 Å². The standard InChI is InChI=1S/C17H18ClN3O/c1-11-5-6-15-16(7-11)21(17(20-15)14(19)10-22)9-12-3-2-4-13(18)8-12/h2-8,14,22H,9-10,19H2,1H3/t14-/m1/s1. The summed E-state index contributed by atoms with van der Waals surface area (Å²) in [6, 6.07) is 13.3. The van der Waals surface area contributed by atoms with Crippen molar-refractivity contribution >= 4 is 22.6 Å². The van der Waals surface area contributed by atoms with Gasteiger partial charge in [0.1, 0.15) is 5.82 Å². The second-order valence-electron chi connectivity index (χ2n) is 5.47. The van der Waals surface area contributed by atoms with Gasteiger partial charge in [-0.15, -0.1) is 0 Å². The highest BCUT2D eigenvalue weighted by atomic mass is 35.5. The van der Waals surface area contributed by atoms with E-state index in [4.69, 9.17) is 17.3 Å². The van der Waals surface area contributed by atoms with Gasteiger partial charge in [-0.3, -0.25) is 0 Å². The second kappa shape index (κ2) is 6.08. The molecule has 114 valence electrons. The molecule has 0 unspecified atom stereocenters. The molecule has 5 heteroatoms. The average Bonchev–Trinajstić information content (AvgIpc) is 2.85. The number of aryl methyl sites for hydroxylation is 1. The molecule has 0 aliphatic heterocycles. The number of hydrogen-bond donors (Lipinski definition) is 2. The zero-order chi connectivity index (χ0) is 15.7. The molecule has 22 heavy (non-hydrogen) atoms. The van der Waals surface area contributed by atoms with Crippen molar-refractivity contribution in [1.29, 1.82) is 0 Å². The number of aliphatic hydroxyl groups excluding tert-OH is 1. The molecule has 0 fully saturated rings. The van der Waals surface area contributed by atoms with Crippen LogP contribution >= 0.6 is 11.6 Å². The van der Waals surface area contributed by atoms with Crippen molar-refractivity contribution in [2.75, 3.05) is 6.61 Å². The van der Waals surface area contributed by atoms with Crippen molar-refractivity contribution in [3.63, 3.8) is 0 Å². The summed E-state index contributed by atoms with van der Waals surface area (Å²) in [6.07, 6.45) is 0. The first-order valence-corrected chi connectivity index (χ1v) is 7.54. The van der Waals surface area contributed by atoms with E-state index in [9.17, 15) is 5.11 Å². The van der Waals surface area contributed by atoms with Crippen molar-refractivity contribution in [2.24, 2.45) is 5.73 Å². The van der Waals surface area contributed by atoms with Crippen LogP contribution in [-0.2, 0) is 6.54 Å². The molecule has 2 aromatic carbocycles. The highest BCUT2D eigenvalue weighted by Crippen LogP contribution is 2.23. The zero-order valence-corrected chi connectivity index (χ0v) is 13.1. The van der Waals surface area contributed by atoms with Crippen molar-refractivity contribution in [3.8, 4) is 0 Å². The Bertz CT molecular complexity index is 813. The minimum absolute atomic E-state index is 0.141. The molecule has 0 saturated heterocycles. The first-order chi connectivity index (χ1) is 10.6. The molecule has 3 rings (SSSR count). The Labute approximate surface area is 134 Å². The summed E-state index contributed by atoms with van der Waals surface area (Å²) >= 11 is 6.07. The second-order valence-corrected chi connectivity index (χ2v) is 5.90. The Morgan fingerprint density at radius 2 is 2.09 bits per heavy atom. The van der Waals surface area contributed by atoms with E-state index in [0.717, 1.165) is 22.2 Å². The molecule has 3 N–H and O–H groups in total. The van der Waals surface area contributed by atoms with Crippen LogP contribution in [0.1, 0.15) is 23.0 Å². The molecule has 0 aliphatic carbocycles. The molecule has 0 amide bonds. The first kappa shape index (κ1) is 15.0. The van der Waals surface area contributed by atoms with E-state index in [1.807, 2.05) is 43.3 Å². The predicted molar refractivity (Wildman–Crippen MR) is 89.0 cm³/mol. The summed E-state index contributed by atoms with van der Waals surface area (Å²) in [5.74, 6) is 0.683. The van der Waals surface area contributed by atoms with Gasteiger partial charge in [-0.1, -0.05) is 29.8 Å². The molecule has 0 bridgehead atoms. The van der Waals surface area contributed by atoms with Gasteiger partial charge in [0, 0.05) is 11.6 Å². The first-order valence-electron chi connectivity index (χ1n) is 7.16. The van der Waals surface area contributed by atoms with Crippen LogP contribution in [0.4, 0.5) is 0 Å². The molecule has 1 aromatic heterocycles. The van der Waals surface area contributed by atoms with Gasteiger partial charge in [-0.2, -0.15) is 0 Å². The van der Waals surface area contributed by atoms with E-state index in [1.165, 1.54) is 0 Å². The Morgan fingerprint density at radius 3 is 2.82 bits per heavy atom. The maximum absolute atomic E-state index is 9.40. The summed E-state index contributed by atoms with van der Waals surface area (Å²) in [5.41, 5.74) is 10.1. The number of benzene rings is 2. The number of rotatable bonds is 4. The van der Waals surface area contributed by atoms with E-state index < -0.39 is 6.04 Å². The lowest BCUT2D eigenvalue weighted by molar-refractivity contribution is 0.261. The van der Waals surface area contributed by atoms with Crippen LogP contribution in [0.25, 0.3) is 11.0 Å². The van der Waals surface area contributed by atoms with Gasteiger partial charge in [0.2, 0.25) is 0 Å². The topological polar surface area (TPSA) is 64.1 Å². The average molecular weight is 316 g/mol. The number of aliphatic hydroxyl groups is 1. The molecule has 4 nitrogen and oxygen atoms in total. The van der Waals surface area contributed by atoms with E-state index in [0.29, 0.717) is 17.4 Å². The number of nitrogens with two attached hydrogens (primary N) is 1. The van der Waals surface area contributed by atoms with Crippen LogP contribution in [0.2, 0.25) is 5.02 Å². The quantitative estimate of drug-likeness (QED) is 0.778. The molecule has 0 aliphatic rings. The number of halogens is 1. The molecule has 0 spiro atoms. The van der Waals surface area contributed by atoms with E-state index in [2.05, 4.69) is 15.6 Å². The highest BCUT2D eigenvalue weighted by Gasteiger charge is 2.17. The molecule has 3 aromatic rings. The predicted octanol–water partition coefficient (Wildman–Crippen LogP) is 3.04. The normalized spacial score (nSPS) is 12.7. The van der Waals surface area contributed by atoms with Crippen LogP contribution in [0, 0.1) is 6.92 Å². The third kappa shape index (κ3) is 2.86. The SMILES string of the molecule is Cc1ccc2nc([C@H](N)CO)n(Cc3cccc(Cl)c3)c2c1. The van der Waals surface area contributed by atoms with E-state index in [-0.39, 0.29) is 6.61 Å².